The lowest BCUT2D eigenvalue weighted by Crippen LogP contribution is -2.50. The predicted molar refractivity (Wildman–Crippen MR) is 143 cm³/mol. The van der Waals surface area contributed by atoms with Crippen LogP contribution in [0.4, 0.5) is 28.8 Å². The first-order chi connectivity index (χ1) is 18.5. The van der Waals surface area contributed by atoms with Gasteiger partial charge in [-0.25, -0.2) is 4.98 Å². The smallest absolute Gasteiger partial charge is 0.257 e. The number of nitrogens with one attached hydrogen (secondary N) is 4. The Kier molecular flexibility index (Phi) is 6.34. The number of likely N-dealkylation sites (tertiary alicyclic amines) is 1. The molecule has 6 rings (SSSR count). The molecule has 38 heavy (non-hydrogen) atoms. The molecule has 2 amide bonds. The van der Waals surface area contributed by atoms with Crippen molar-refractivity contribution in [2.45, 2.75) is 19.3 Å². The molecular formula is C26H24ClN9O2. The number of H-pyrrole nitrogens is 1. The van der Waals surface area contributed by atoms with Crippen LogP contribution in [-0.2, 0) is 17.6 Å². The predicted octanol–water partition coefficient (Wildman–Crippen LogP) is 3.93. The highest BCUT2D eigenvalue weighted by Crippen LogP contribution is 2.30. The number of aromatic nitrogens is 5. The second kappa shape index (κ2) is 10.1. The molecule has 0 saturated carbocycles. The zero-order chi connectivity index (χ0) is 26.1. The molecule has 192 valence electrons. The fourth-order valence-electron chi connectivity index (χ4n) is 4.63. The number of benzene rings is 1. The monoisotopic (exact) mass is 529 g/mol. The quantitative estimate of drug-likeness (QED) is 0.311. The van der Waals surface area contributed by atoms with E-state index in [1.54, 1.807) is 17.3 Å². The van der Waals surface area contributed by atoms with Crippen molar-refractivity contribution in [1.29, 1.82) is 0 Å². The number of nitrogens with zero attached hydrogens (tertiary/aromatic N) is 5. The Bertz CT molecular complexity index is 1500. The molecular weight excluding hydrogens is 506 g/mol. The molecule has 0 atom stereocenters. The first-order valence-electron chi connectivity index (χ1n) is 12.2. The van der Waals surface area contributed by atoms with Gasteiger partial charge >= 0.3 is 0 Å². The van der Waals surface area contributed by atoms with Crippen LogP contribution in [0.2, 0.25) is 5.02 Å². The van der Waals surface area contributed by atoms with Gasteiger partial charge in [0.1, 0.15) is 5.02 Å². The molecule has 11 nitrogen and oxygen atoms in total. The molecule has 0 radical (unpaired) electrons. The number of halogens is 1. The number of amides is 2. The lowest BCUT2D eigenvalue weighted by atomic mass is 9.95. The van der Waals surface area contributed by atoms with Crippen LogP contribution in [-0.4, -0.2) is 55.0 Å². The van der Waals surface area contributed by atoms with E-state index in [-0.39, 0.29) is 17.7 Å². The van der Waals surface area contributed by atoms with Gasteiger partial charge in [-0.3, -0.25) is 19.7 Å². The summed E-state index contributed by atoms with van der Waals surface area (Å²) >= 11 is 6.35. The molecule has 0 unspecified atom stereocenters. The summed E-state index contributed by atoms with van der Waals surface area (Å²) in [6.45, 7) is 1.10. The summed E-state index contributed by atoms with van der Waals surface area (Å²) in [7, 11) is 0. The Morgan fingerprint density at radius 3 is 2.79 bits per heavy atom. The van der Waals surface area contributed by atoms with E-state index in [1.807, 2.05) is 30.5 Å². The number of anilines is 5. The molecule has 5 heterocycles. The molecule has 6 bridgehead atoms. The van der Waals surface area contributed by atoms with Crippen molar-refractivity contribution in [3.8, 4) is 0 Å². The van der Waals surface area contributed by atoms with Crippen molar-refractivity contribution >= 4 is 52.2 Å². The van der Waals surface area contributed by atoms with E-state index in [9.17, 15) is 9.59 Å². The third-order valence-corrected chi connectivity index (χ3v) is 6.86. The molecule has 0 spiro atoms. The topological polar surface area (TPSA) is 141 Å². The molecule has 2 aliphatic rings. The SMILES string of the molecule is O=C(CC1CN(C(=O)c2cn[nH]c2)C1)Nc1ccc2cc1CCc1cncc(c1)Nc1ncc(Cl)c(n1)N2. The summed E-state index contributed by atoms with van der Waals surface area (Å²) in [6, 6.07) is 7.75. The Balaban J connectivity index is 1.18. The third kappa shape index (κ3) is 5.14. The lowest BCUT2D eigenvalue weighted by molar-refractivity contribution is -0.118. The summed E-state index contributed by atoms with van der Waals surface area (Å²) in [6.07, 6.45) is 9.91. The molecule has 1 aromatic carbocycles. The maximum atomic E-state index is 12.9. The van der Waals surface area contributed by atoms with Gasteiger partial charge in [-0.15, -0.1) is 0 Å². The summed E-state index contributed by atoms with van der Waals surface area (Å²) in [5.41, 5.74) is 4.85. The van der Waals surface area contributed by atoms with E-state index in [1.165, 1.54) is 12.4 Å². The molecule has 1 saturated heterocycles. The molecule has 1 fully saturated rings. The lowest BCUT2D eigenvalue weighted by Gasteiger charge is -2.38. The van der Waals surface area contributed by atoms with Crippen molar-refractivity contribution in [3.63, 3.8) is 0 Å². The largest absolute Gasteiger partial charge is 0.339 e. The van der Waals surface area contributed by atoms with Crippen molar-refractivity contribution in [3.05, 3.63) is 77.0 Å². The van der Waals surface area contributed by atoms with Crippen LogP contribution in [0.1, 0.15) is 27.9 Å². The van der Waals surface area contributed by atoms with Crippen LogP contribution in [0.5, 0.6) is 0 Å². The first-order valence-corrected chi connectivity index (χ1v) is 12.6. The summed E-state index contributed by atoms with van der Waals surface area (Å²) in [4.78, 5) is 40.1. The highest BCUT2D eigenvalue weighted by molar-refractivity contribution is 6.32. The minimum Gasteiger partial charge on any atom is -0.339 e. The van der Waals surface area contributed by atoms with E-state index < -0.39 is 0 Å². The minimum absolute atomic E-state index is 0.0746. The van der Waals surface area contributed by atoms with Crippen LogP contribution in [0.25, 0.3) is 0 Å². The summed E-state index contributed by atoms with van der Waals surface area (Å²) in [5.74, 6) is 0.832. The van der Waals surface area contributed by atoms with Gasteiger partial charge in [0.05, 0.1) is 29.8 Å². The number of hydrogen-bond donors (Lipinski definition) is 4. The number of carbonyl (C=O) groups excluding carboxylic acids is 2. The van der Waals surface area contributed by atoms with Gasteiger partial charge in [0, 0.05) is 49.2 Å². The van der Waals surface area contributed by atoms with Gasteiger partial charge in [0.25, 0.3) is 5.91 Å². The molecule has 2 aliphatic heterocycles. The van der Waals surface area contributed by atoms with Crippen LogP contribution < -0.4 is 16.0 Å². The zero-order valence-corrected chi connectivity index (χ0v) is 21.0. The number of pyridine rings is 1. The molecule has 12 heteroatoms. The Morgan fingerprint density at radius 2 is 1.95 bits per heavy atom. The van der Waals surface area contributed by atoms with Gasteiger partial charge in [-0.2, -0.15) is 10.1 Å². The van der Waals surface area contributed by atoms with E-state index in [2.05, 4.69) is 41.1 Å². The second-order valence-corrected chi connectivity index (χ2v) is 9.82. The van der Waals surface area contributed by atoms with Crippen LogP contribution in [0, 0.1) is 5.92 Å². The van der Waals surface area contributed by atoms with Gasteiger partial charge in [-0.05, 0) is 48.2 Å². The van der Waals surface area contributed by atoms with Gasteiger partial charge in [0.2, 0.25) is 11.9 Å². The van der Waals surface area contributed by atoms with Gasteiger partial charge < -0.3 is 20.9 Å². The van der Waals surface area contributed by atoms with Crippen LogP contribution >= 0.6 is 11.6 Å². The van der Waals surface area contributed by atoms with E-state index in [4.69, 9.17) is 11.6 Å². The Hall–Kier alpha value is -4.51. The summed E-state index contributed by atoms with van der Waals surface area (Å²) in [5, 5.41) is 16.4. The second-order valence-electron chi connectivity index (χ2n) is 9.41. The molecule has 0 aliphatic carbocycles. The van der Waals surface area contributed by atoms with Gasteiger partial charge in [-0.1, -0.05) is 11.6 Å². The Labute approximate surface area is 223 Å². The average molecular weight is 530 g/mol. The van der Waals surface area contributed by atoms with E-state index in [0.717, 1.165) is 34.6 Å². The average Bonchev–Trinajstić information content (AvgIpc) is 3.43. The van der Waals surface area contributed by atoms with Crippen molar-refractivity contribution in [2.24, 2.45) is 5.92 Å². The number of rotatable bonds is 4. The minimum atomic E-state index is -0.0818. The number of fused-ring (bicyclic) bond motifs is 6. The number of hydrogen-bond acceptors (Lipinski definition) is 8. The molecule has 4 aromatic rings. The maximum absolute atomic E-state index is 12.9. The van der Waals surface area contributed by atoms with Crippen molar-refractivity contribution in [1.82, 2.24) is 30.0 Å². The molecule has 3 aromatic heterocycles. The fourth-order valence-corrected chi connectivity index (χ4v) is 4.77. The van der Waals surface area contributed by atoms with Crippen molar-refractivity contribution < 1.29 is 9.59 Å². The number of carbonyl (C=O) groups is 2. The summed E-state index contributed by atoms with van der Waals surface area (Å²) < 4.78 is 0. The zero-order valence-electron chi connectivity index (χ0n) is 20.2. The van der Waals surface area contributed by atoms with E-state index in [0.29, 0.717) is 48.3 Å². The number of aromatic amines is 1. The normalized spacial score (nSPS) is 14.6. The van der Waals surface area contributed by atoms with E-state index >= 15 is 0 Å². The number of aryl methyl sites for hydroxylation is 2. The fraction of sp³-hybridized carbons (Fsp3) is 0.231. The molecule has 4 N–H and O–H groups in total. The highest BCUT2D eigenvalue weighted by Gasteiger charge is 2.33. The standard InChI is InChI=1S/C26H24ClN9O2/c27-21-12-29-26-33-20-5-15(8-28-11-20)1-2-17-7-19(32-24(21)35-26)3-4-22(17)34-23(37)6-16-13-36(14-16)25(38)18-9-30-31-10-18/h3-5,7-12,16H,1-2,6,13-14H2,(H,30,31)(H,34,37)(H2,29,32,33,35). The Morgan fingerprint density at radius 1 is 1.05 bits per heavy atom. The third-order valence-electron chi connectivity index (χ3n) is 6.58. The highest BCUT2D eigenvalue weighted by atomic mass is 35.5. The van der Waals surface area contributed by atoms with Crippen LogP contribution in [0.15, 0.2) is 55.2 Å². The van der Waals surface area contributed by atoms with Crippen LogP contribution in [0.3, 0.4) is 0 Å². The van der Waals surface area contributed by atoms with Gasteiger partial charge in [0.15, 0.2) is 5.82 Å². The maximum Gasteiger partial charge on any atom is 0.257 e. The van der Waals surface area contributed by atoms with Crippen molar-refractivity contribution in [2.75, 3.05) is 29.0 Å². The first kappa shape index (κ1) is 23.9.